The van der Waals surface area contributed by atoms with Crippen LogP contribution in [0.25, 0.3) is 11.2 Å². The van der Waals surface area contributed by atoms with Gasteiger partial charge >= 0.3 is 0 Å². The van der Waals surface area contributed by atoms with Crippen molar-refractivity contribution in [2.24, 2.45) is 5.92 Å². The van der Waals surface area contributed by atoms with E-state index in [9.17, 15) is 0 Å². The van der Waals surface area contributed by atoms with Gasteiger partial charge in [0.15, 0.2) is 5.65 Å². The lowest BCUT2D eigenvalue weighted by Gasteiger charge is -2.13. The molecule has 1 fully saturated rings. The first-order valence-corrected chi connectivity index (χ1v) is 7.75. The molecule has 0 spiro atoms. The fraction of sp³-hybridized carbons (Fsp3) is 0.538. The lowest BCUT2D eigenvalue weighted by molar-refractivity contribution is 0.378. The first-order valence-electron chi connectivity index (χ1n) is 6.42. The Balaban J connectivity index is 1.96. The van der Waals surface area contributed by atoms with Gasteiger partial charge in [-0.2, -0.15) is 0 Å². The SMILES string of the molecule is CN1CCC(Cn2c(CCl)nc3cc(Br)cnc32)C1. The Bertz CT molecular complexity index is 598. The third-order valence-corrected chi connectivity index (χ3v) is 4.35. The molecule has 1 saturated heterocycles. The summed E-state index contributed by atoms with van der Waals surface area (Å²) >= 11 is 9.46. The number of fused-ring (bicyclic) bond motifs is 1. The number of rotatable bonds is 3. The molecule has 3 rings (SSSR count). The molecule has 0 N–H and O–H groups in total. The molecule has 6 heteroatoms. The van der Waals surface area contributed by atoms with E-state index >= 15 is 0 Å². The Morgan fingerprint density at radius 3 is 3.05 bits per heavy atom. The number of alkyl halides is 1. The molecule has 1 unspecified atom stereocenters. The Morgan fingerprint density at radius 2 is 2.37 bits per heavy atom. The van der Waals surface area contributed by atoms with Gasteiger partial charge in [-0.05, 0) is 47.9 Å². The van der Waals surface area contributed by atoms with Gasteiger partial charge in [-0.15, -0.1) is 11.6 Å². The number of hydrogen-bond acceptors (Lipinski definition) is 3. The first-order chi connectivity index (χ1) is 9.17. The molecule has 19 heavy (non-hydrogen) atoms. The summed E-state index contributed by atoms with van der Waals surface area (Å²) in [7, 11) is 2.17. The van der Waals surface area contributed by atoms with E-state index in [1.54, 1.807) is 0 Å². The zero-order valence-corrected chi connectivity index (χ0v) is 13.2. The van der Waals surface area contributed by atoms with Crippen LogP contribution in [-0.4, -0.2) is 39.6 Å². The molecular weight excluding hydrogens is 328 g/mol. The van der Waals surface area contributed by atoms with E-state index in [1.807, 2.05) is 12.3 Å². The van der Waals surface area contributed by atoms with Crippen LogP contribution in [0.2, 0.25) is 0 Å². The van der Waals surface area contributed by atoms with Crippen LogP contribution in [-0.2, 0) is 12.4 Å². The third-order valence-electron chi connectivity index (χ3n) is 3.68. The summed E-state index contributed by atoms with van der Waals surface area (Å²) in [5.41, 5.74) is 1.85. The van der Waals surface area contributed by atoms with Gasteiger partial charge in [0.25, 0.3) is 0 Å². The van der Waals surface area contributed by atoms with Crippen molar-refractivity contribution in [2.75, 3.05) is 20.1 Å². The van der Waals surface area contributed by atoms with Crippen LogP contribution in [0.3, 0.4) is 0 Å². The standard InChI is InChI=1S/C13H16BrClN4/c1-18-3-2-9(7-18)8-19-12(5-15)17-11-4-10(14)6-16-13(11)19/h4,6,9H,2-3,5,7-8H2,1H3. The van der Waals surface area contributed by atoms with Gasteiger partial charge < -0.3 is 9.47 Å². The second-order valence-corrected chi connectivity index (χ2v) is 6.37. The van der Waals surface area contributed by atoms with Gasteiger partial charge in [-0.3, -0.25) is 0 Å². The van der Waals surface area contributed by atoms with Crippen molar-refractivity contribution < 1.29 is 0 Å². The molecule has 0 saturated carbocycles. The fourth-order valence-corrected chi connectivity index (χ4v) is 3.28. The number of likely N-dealkylation sites (tertiary alicyclic amines) is 1. The summed E-state index contributed by atoms with van der Waals surface area (Å²) in [5, 5.41) is 0. The number of pyridine rings is 1. The van der Waals surface area contributed by atoms with Crippen molar-refractivity contribution in [1.29, 1.82) is 0 Å². The second-order valence-electron chi connectivity index (χ2n) is 5.19. The summed E-state index contributed by atoms with van der Waals surface area (Å²) in [6.45, 7) is 3.27. The van der Waals surface area contributed by atoms with Crippen LogP contribution in [0.1, 0.15) is 12.2 Å². The highest BCUT2D eigenvalue weighted by Gasteiger charge is 2.22. The molecule has 0 aliphatic carbocycles. The Morgan fingerprint density at radius 1 is 1.53 bits per heavy atom. The van der Waals surface area contributed by atoms with Gasteiger partial charge in [-0.25, -0.2) is 9.97 Å². The average molecular weight is 344 g/mol. The average Bonchev–Trinajstić information content (AvgIpc) is 2.94. The maximum absolute atomic E-state index is 6.02. The van der Waals surface area contributed by atoms with Crippen LogP contribution in [0, 0.1) is 5.92 Å². The molecule has 1 atom stereocenters. The maximum Gasteiger partial charge on any atom is 0.160 e. The van der Waals surface area contributed by atoms with E-state index in [0.717, 1.165) is 34.6 Å². The predicted molar refractivity (Wildman–Crippen MR) is 80.4 cm³/mol. The van der Waals surface area contributed by atoms with Crippen LogP contribution in [0.5, 0.6) is 0 Å². The van der Waals surface area contributed by atoms with Crippen molar-refractivity contribution in [1.82, 2.24) is 19.4 Å². The van der Waals surface area contributed by atoms with Crippen LogP contribution in [0.15, 0.2) is 16.7 Å². The topological polar surface area (TPSA) is 34.0 Å². The van der Waals surface area contributed by atoms with Crippen LogP contribution < -0.4 is 0 Å². The van der Waals surface area contributed by atoms with E-state index in [-0.39, 0.29) is 0 Å². The molecule has 0 amide bonds. The summed E-state index contributed by atoms with van der Waals surface area (Å²) in [6, 6.07) is 2.00. The largest absolute Gasteiger partial charge is 0.311 e. The molecule has 1 aliphatic rings. The highest BCUT2D eigenvalue weighted by Crippen LogP contribution is 2.23. The highest BCUT2D eigenvalue weighted by atomic mass is 79.9. The predicted octanol–water partition coefficient (Wildman–Crippen LogP) is 2.88. The maximum atomic E-state index is 6.02. The molecule has 102 valence electrons. The molecule has 4 nitrogen and oxygen atoms in total. The highest BCUT2D eigenvalue weighted by molar-refractivity contribution is 9.10. The molecule has 2 aromatic rings. The van der Waals surface area contributed by atoms with Gasteiger partial charge in [0.05, 0.1) is 5.88 Å². The smallest absolute Gasteiger partial charge is 0.160 e. The normalized spacial score (nSPS) is 20.5. The third kappa shape index (κ3) is 2.64. The minimum Gasteiger partial charge on any atom is -0.311 e. The minimum atomic E-state index is 0.427. The zero-order valence-electron chi connectivity index (χ0n) is 10.8. The quantitative estimate of drug-likeness (QED) is 0.804. The molecular formula is C13H16BrClN4. The number of nitrogens with zero attached hydrogens (tertiary/aromatic N) is 4. The summed E-state index contributed by atoms with van der Waals surface area (Å²) < 4.78 is 3.13. The monoisotopic (exact) mass is 342 g/mol. The number of imidazole rings is 1. The van der Waals surface area contributed by atoms with Crippen molar-refractivity contribution in [2.45, 2.75) is 18.8 Å². The zero-order chi connectivity index (χ0) is 13.4. The minimum absolute atomic E-state index is 0.427. The van der Waals surface area contributed by atoms with Crippen molar-refractivity contribution in [3.8, 4) is 0 Å². The Kier molecular flexibility index (Phi) is 3.78. The summed E-state index contributed by atoms with van der Waals surface area (Å²) in [5.74, 6) is 2.00. The lowest BCUT2D eigenvalue weighted by Crippen LogP contribution is -2.18. The lowest BCUT2D eigenvalue weighted by atomic mass is 10.1. The van der Waals surface area contributed by atoms with Gasteiger partial charge in [0.1, 0.15) is 11.3 Å². The second kappa shape index (κ2) is 5.38. The van der Waals surface area contributed by atoms with E-state index < -0.39 is 0 Å². The first kappa shape index (κ1) is 13.3. The van der Waals surface area contributed by atoms with Gasteiger partial charge in [0, 0.05) is 23.8 Å². The molecule has 3 heterocycles. The van der Waals surface area contributed by atoms with E-state index in [0.29, 0.717) is 11.8 Å². The van der Waals surface area contributed by atoms with Crippen LogP contribution in [0.4, 0.5) is 0 Å². The van der Waals surface area contributed by atoms with Gasteiger partial charge in [-0.1, -0.05) is 0 Å². The number of aromatic nitrogens is 3. The molecule has 0 radical (unpaired) electrons. The molecule has 0 aromatic carbocycles. The van der Waals surface area contributed by atoms with Crippen molar-refractivity contribution >= 4 is 38.7 Å². The fourth-order valence-electron chi connectivity index (χ4n) is 2.76. The van der Waals surface area contributed by atoms with Crippen molar-refractivity contribution in [3.05, 3.63) is 22.6 Å². The van der Waals surface area contributed by atoms with Crippen LogP contribution >= 0.6 is 27.5 Å². The molecule has 2 aromatic heterocycles. The number of hydrogen-bond donors (Lipinski definition) is 0. The van der Waals surface area contributed by atoms with E-state index in [1.165, 1.54) is 13.0 Å². The number of halogens is 2. The molecule has 1 aliphatic heterocycles. The Hall–Kier alpha value is -0.650. The summed E-state index contributed by atoms with van der Waals surface area (Å²) in [6.07, 6.45) is 3.05. The van der Waals surface area contributed by atoms with E-state index in [4.69, 9.17) is 11.6 Å². The van der Waals surface area contributed by atoms with E-state index in [2.05, 4.69) is 42.4 Å². The van der Waals surface area contributed by atoms with Crippen molar-refractivity contribution in [3.63, 3.8) is 0 Å². The van der Waals surface area contributed by atoms with Gasteiger partial charge in [0.2, 0.25) is 0 Å². The summed E-state index contributed by atoms with van der Waals surface area (Å²) in [4.78, 5) is 11.4. The Labute approximate surface area is 125 Å². The molecule has 0 bridgehead atoms.